The molecule has 1 heterocycles. The number of fused-ring (bicyclic) bond motifs is 14. The maximum Gasteiger partial charge on any atom is 0.0559 e. The minimum atomic E-state index is 0.998. The van der Waals surface area contributed by atoms with Crippen molar-refractivity contribution >= 4 is 151 Å². The number of halogens is 5. The zero-order valence-corrected chi connectivity index (χ0v) is 39.9. The molecule has 0 N–H and O–H groups in total. The number of nitrogens with zero attached hydrogens (tertiary/aromatic N) is 1. The summed E-state index contributed by atoms with van der Waals surface area (Å²) in [5, 5.41) is 12.8. The van der Waals surface area contributed by atoms with Crippen LogP contribution in [0, 0.1) is 3.57 Å². The first-order valence-electron chi connectivity index (χ1n) is 19.3. The van der Waals surface area contributed by atoms with E-state index in [1.54, 1.807) is 0 Å². The van der Waals surface area contributed by atoms with E-state index in [0.29, 0.717) is 0 Å². The number of aromatic nitrogens is 1. The van der Waals surface area contributed by atoms with E-state index in [9.17, 15) is 0 Å². The van der Waals surface area contributed by atoms with Gasteiger partial charge in [-0.15, -0.1) is 0 Å². The third-order valence-corrected chi connectivity index (χ3v) is 14.6. The Hall–Kier alpha value is -4.31. The summed E-state index contributed by atoms with van der Waals surface area (Å²) in [5.41, 5.74) is 9.21. The maximum absolute atomic E-state index is 3.82. The van der Waals surface area contributed by atoms with Gasteiger partial charge in [-0.1, -0.05) is 197 Å². The Balaban J connectivity index is 0.000000125. The highest BCUT2D eigenvalue weighted by Crippen LogP contribution is 2.49. The summed E-state index contributed by atoms with van der Waals surface area (Å²) in [6.45, 7) is 0. The van der Waals surface area contributed by atoms with E-state index in [2.05, 4.69) is 255 Å². The van der Waals surface area contributed by atoms with Gasteiger partial charge >= 0.3 is 0 Å². The molecule has 1 nitrogen and oxygen atoms in total. The van der Waals surface area contributed by atoms with E-state index in [1.165, 1.54) is 99.7 Å². The highest BCUT2D eigenvalue weighted by Gasteiger charge is 2.25. The normalized spacial score (nSPS) is 11.7. The molecule has 10 aromatic carbocycles. The molecule has 1 aromatic heterocycles. The summed E-state index contributed by atoms with van der Waals surface area (Å²) in [4.78, 5) is 0. The summed E-state index contributed by atoms with van der Waals surface area (Å²) >= 11 is 17.4. The molecule has 284 valence electrons. The molecule has 0 aliphatic heterocycles. The van der Waals surface area contributed by atoms with Gasteiger partial charge in [0.05, 0.1) is 11.0 Å². The van der Waals surface area contributed by atoms with Crippen LogP contribution in [0.15, 0.2) is 200 Å². The largest absolute Gasteiger partial charge is 0.309 e. The van der Waals surface area contributed by atoms with Crippen LogP contribution in [-0.2, 0) is 6.42 Å². The minimum absolute atomic E-state index is 0.998. The van der Waals surface area contributed by atoms with Crippen molar-refractivity contribution in [3.63, 3.8) is 0 Å². The Morgan fingerprint density at radius 2 is 0.678 bits per heavy atom. The fourth-order valence-corrected chi connectivity index (χ4v) is 11.5. The molecule has 6 heteroatoms. The summed E-state index contributed by atoms with van der Waals surface area (Å²) < 4.78 is 8.26. The molecule has 0 unspecified atom stereocenters. The first kappa shape index (κ1) is 38.9. The zero-order valence-electron chi connectivity index (χ0n) is 31.4. The van der Waals surface area contributed by atoms with Gasteiger partial charge in [-0.2, -0.15) is 0 Å². The van der Waals surface area contributed by atoms with Crippen LogP contribution < -0.4 is 0 Å². The van der Waals surface area contributed by atoms with E-state index >= 15 is 0 Å². The highest BCUT2D eigenvalue weighted by molar-refractivity contribution is 14.1. The van der Waals surface area contributed by atoms with Crippen molar-refractivity contribution in [2.75, 3.05) is 0 Å². The van der Waals surface area contributed by atoms with Gasteiger partial charge in [-0.25, -0.2) is 0 Å². The molecule has 0 atom stereocenters. The molecule has 1 aliphatic carbocycles. The van der Waals surface area contributed by atoms with Crippen LogP contribution in [-0.4, -0.2) is 4.57 Å². The lowest BCUT2D eigenvalue weighted by Gasteiger charge is -2.12. The fourth-order valence-electron chi connectivity index (χ4n) is 8.76. The van der Waals surface area contributed by atoms with Crippen LogP contribution in [0.5, 0.6) is 0 Å². The molecule has 0 amide bonds. The lowest BCUT2D eigenvalue weighted by Crippen LogP contribution is -1.93. The van der Waals surface area contributed by atoms with E-state index < -0.39 is 0 Å². The average Bonchev–Trinajstić information content (AvgIpc) is 3.80. The molecule has 0 fully saturated rings. The van der Waals surface area contributed by atoms with Crippen LogP contribution in [0.1, 0.15) is 11.1 Å². The van der Waals surface area contributed by atoms with Gasteiger partial charge in [0.15, 0.2) is 0 Å². The highest BCUT2D eigenvalue weighted by atomic mass is 127. The van der Waals surface area contributed by atoms with Crippen LogP contribution in [0.2, 0.25) is 0 Å². The molecule has 11 aromatic rings. The Bertz CT molecular complexity index is 3230. The van der Waals surface area contributed by atoms with Gasteiger partial charge in [0.2, 0.25) is 0 Å². The van der Waals surface area contributed by atoms with Crippen molar-refractivity contribution < 1.29 is 0 Å². The van der Waals surface area contributed by atoms with Gasteiger partial charge in [0.1, 0.15) is 0 Å². The maximum atomic E-state index is 3.82. The van der Waals surface area contributed by atoms with E-state index in [-0.39, 0.29) is 0 Å². The SMILES string of the molecule is Brc1cc2c(c3ccccc13)-c1c(cc(Br)c3ccccc13)C2.Brc1cc2c(c3ccccc13)c1c3ccccc3c(Br)cc1n2-c1ccccc1.Ic1ccccc1. The first-order chi connectivity index (χ1) is 28.9. The van der Waals surface area contributed by atoms with Gasteiger partial charge in [-0.3, -0.25) is 0 Å². The second kappa shape index (κ2) is 16.3. The first-order valence-corrected chi connectivity index (χ1v) is 23.5. The predicted octanol–water partition coefficient (Wildman–Crippen LogP) is 18.0. The Morgan fingerprint density at radius 1 is 0.356 bits per heavy atom. The van der Waals surface area contributed by atoms with Crippen LogP contribution in [0.25, 0.3) is 81.7 Å². The fraction of sp³-hybridized carbons (Fsp3) is 0.0189. The van der Waals surface area contributed by atoms with Crippen molar-refractivity contribution in [3.05, 3.63) is 215 Å². The monoisotopic (exact) mass is 1120 g/mol. The van der Waals surface area contributed by atoms with Crippen molar-refractivity contribution in [3.8, 4) is 16.8 Å². The molecule has 0 saturated carbocycles. The average molecular weight is 1130 g/mol. The van der Waals surface area contributed by atoms with Gasteiger partial charge in [-0.05, 0) is 143 Å². The van der Waals surface area contributed by atoms with Crippen molar-refractivity contribution in [1.29, 1.82) is 0 Å². The van der Waals surface area contributed by atoms with E-state index in [1.807, 2.05) is 18.2 Å². The molecule has 1 aliphatic rings. The zero-order chi connectivity index (χ0) is 40.2. The molecular weight excluding hydrogens is 1100 g/mol. The second-order valence-corrected chi connectivity index (χ2v) is 19.3. The van der Waals surface area contributed by atoms with Crippen molar-refractivity contribution in [1.82, 2.24) is 4.57 Å². The standard InChI is InChI=1S/C26H15Br2N.C21H12Br2.C6H5I/c27-21-14-23-25(19-12-6-4-10-17(19)21)26-20-13-7-5-11-18(20)22(28)15-24(26)29(23)16-8-2-1-3-9-16;22-18-10-12-9-13-11-19(23)15-6-2-4-8-17(15)21(13)20(12)16-7-3-1-5-14(16)18;7-6-4-2-1-3-5-6/h1-15H;1-8,10-11H,9H2;1-5H. The summed E-state index contributed by atoms with van der Waals surface area (Å²) in [5.74, 6) is 0. The van der Waals surface area contributed by atoms with Crippen LogP contribution in [0.4, 0.5) is 0 Å². The lowest BCUT2D eigenvalue weighted by molar-refractivity contribution is 1.18. The third-order valence-electron chi connectivity index (χ3n) is 11.2. The molecule has 12 rings (SSSR count). The Morgan fingerprint density at radius 3 is 1.07 bits per heavy atom. The predicted molar refractivity (Wildman–Crippen MR) is 275 cm³/mol. The molecule has 0 spiro atoms. The lowest BCUT2D eigenvalue weighted by atomic mass is 9.94. The van der Waals surface area contributed by atoms with Gasteiger partial charge in [0.25, 0.3) is 0 Å². The second-order valence-electron chi connectivity index (χ2n) is 14.6. The summed E-state index contributed by atoms with van der Waals surface area (Å²) in [7, 11) is 0. The van der Waals surface area contributed by atoms with Crippen LogP contribution >= 0.6 is 86.3 Å². The van der Waals surface area contributed by atoms with Crippen molar-refractivity contribution in [2.24, 2.45) is 0 Å². The Kier molecular flexibility index (Phi) is 10.7. The molecular formula is C53H32Br4IN. The third kappa shape index (κ3) is 6.95. The van der Waals surface area contributed by atoms with Crippen molar-refractivity contribution in [2.45, 2.75) is 6.42 Å². The molecule has 0 saturated heterocycles. The smallest absolute Gasteiger partial charge is 0.0559 e. The van der Waals surface area contributed by atoms with Gasteiger partial charge in [0, 0.05) is 37.9 Å². The molecule has 0 bridgehead atoms. The quantitative estimate of drug-likeness (QED) is 0.144. The minimum Gasteiger partial charge on any atom is -0.309 e. The number of para-hydroxylation sites is 1. The summed E-state index contributed by atoms with van der Waals surface area (Å²) in [6.07, 6.45) is 0.998. The van der Waals surface area contributed by atoms with Gasteiger partial charge < -0.3 is 4.57 Å². The number of hydrogen-bond donors (Lipinski definition) is 0. The topological polar surface area (TPSA) is 4.93 Å². The summed E-state index contributed by atoms with van der Waals surface area (Å²) in [6, 6.07) is 64.5. The number of benzene rings is 10. The molecule has 0 radical (unpaired) electrons. The van der Waals surface area contributed by atoms with E-state index in [0.717, 1.165) is 21.1 Å². The van der Waals surface area contributed by atoms with Crippen LogP contribution in [0.3, 0.4) is 0 Å². The van der Waals surface area contributed by atoms with E-state index in [4.69, 9.17) is 0 Å². The number of rotatable bonds is 1. The Labute approximate surface area is 389 Å². The number of hydrogen-bond acceptors (Lipinski definition) is 0. The molecule has 59 heavy (non-hydrogen) atoms.